The molecule has 2 aromatic carbocycles. The van der Waals surface area contributed by atoms with Crippen LogP contribution in [0.3, 0.4) is 0 Å². The molecule has 2 nitrogen and oxygen atoms in total. The van der Waals surface area contributed by atoms with Crippen LogP contribution in [-0.2, 0) is 0 Å². The van der Waals surface area contributed by atoms with Gasteiger partial charge >= 0.3 is 0 Å². The zero-order valence-corrected chi connectivity index (χ0v) is 26.4. The molecule has 0 fully saturated rings. The molecule has 2 heteroatoms. The van der Waals surface area contributed by atoms with Crippen molar-refractivity contribution in [1.29, 1.82) is 0 Å². The summed E-state index contributed by atoms with van der Waals surface area (Å²) in [5, 5.41) is 0. The number of fused-ring (bicyclic) bond motifs is 2. The van der Waals surface area contributed by atoms with Gasteiger partial charge in [-0.3, -0.25) is 0 Å². The van der Waals surface area contributed by atoms with Gasteiger partial charge in [-0.2, -0.15) is 0 Å². The molecule has 0 spiro atoms. The predicted octanol–water partition coefficient (Wildman–Crippen LogP) is 10.9. The molecule has 0 saturated carbocycles. The van der Waals surface area contributed by atoms with Crippen molar-refractivity contribution < 1.29 is 0 Å². The number of allylic oxidation sites excluding steroid dienone is 18. The maximum Gasteiger partial charge on any atom is 0.0559 e. The Balaban J connectivity index is 1.07. The van der Waals surface area contributed by atoms with Crippen molar-refractivity contribution in [1.82, 2.24) is 0 Å². The molecule has 0 bridgehead atoms. The lowest BCUT2D eigenvalue weighted by atomic mass is 9.79. The standard InChI is InChI=1S/C44H42N2/c1-3-15-39(16-4-1)45(43-29-23-33-11-7-9-13-37(33)31-43)41-25-19-35(20-26-41)36-21-27-42(28-22-36)46(40-17-5-2-6-18-40)44-30-24-34-12-8-10-14-38(34)32-44/h1,3-5,7-15,17-23,25-29,31-34,37-39H,2,6,16,24,30H2. The maximum atomic E-state index is 2.51. The molecule has 8 rings (SSSR count). The molecular formula is C44H42N2. The highest BCUT2D eigenvalue weighted by Crippen LogP contribution is 2.39. The van der Waals surface area contributed by atoms with Crippen LogP contribution in [0, 0.1) is 23.7 Å². The third-order valence-corrected chi connectivity index (χ3v) is 10.2. The van der Waals surface area contributed by atoms with E-state index in [0.717, 1.165) is 25.7 Å². The molecule has 0 aliphatic heterocycles. The minimum absolute atomic E-state index is 0.296. The van der Waals surface area contributed by atoms with Crippen molar-refractivity contribution in [3.05, 3.63) is 181 Å². The van der Waals surface area contributed by atoms with Gasteiger partial charge in [-0.25, -0.2) is 0 Å². The Bertz CT molecular complexity index is 1780. The fraction of sp³-hybridized carbons (Fsp3) is 0.227. The Labute approximate surface area is 274 Å². The first kappa shape index (κ1) is 28.6. The van der Waals surface area contributed by atoms with Crippen LogP contribution in [-0.4, -0.2) is 6.04 Å². The average Bonchev–Trinajstić information content (AvgIpc) is 3.13. The molecule has 0 radical (unpaired) electrons. The smallest absolute Gasteiger partial charge is 0.0559 e. The monoisotopic (exact) mass is 598 g/mol. The Hall–Kier alpha value is -4.82. The van der Waals surface area contributed by atoms with Gasteiger partial charge in [0.2, 0.25) is 0 Å². The van der Waals surface area contributed by atoms with Gasteiger partial charge in [0.1, 0.15) is 0 Å². The Kier molecular flexibility index (Phi) is 8.02. The summed E-state index contributed by atoms with van der Waals surface area (Å²) in [6, 6.07) is 18.7. The van der Waals surface area contributed by atoms with Gasteiger partial charge in [0.15, 0.2) is 0 Å². The molecule has 6 aliphatic rings. The second-order valence-electron chi connectivity index (χ2n) is 13.1. The maximum absolute atomic E-state index is 2.51. The lowest BCUT2D eigenvalue weighted by Crippen LogP contribution is -2.34. The van der Waals surface area contributed by atoms with Crippen LogP contribution < -0.4 is 9.80 Å². The fourth-order valence-corrected chi connectivity index (χ4v) is 7.72. The molecule has 228 valence electrons. The first-order valence-corrected chi connectivity index (χ1v) is 17.1. The summed E-state index contributed by atoms with van der Waals surface area (Å²) in [6.07, 6.45) is 49.2. The van der Waals surface area contributed by atoms with E-state index in [4.69, 9.17) is 0 Å². The largest absolute Gasteiger partial charge is 0.334 e. The summed E-state index contributed by atoms with van der Waals surface area (Å²) in [5.41, 5.74) is 8.94. The van der Waals surface area contributed by atoms with Crippen LogP contribution in [0.4, 0.5) is 11.4 Å². The molecule has 2 aromatic rings. The molecule has 46 heavy (non-hydrogen) atoms. The highest BCUT2D eigenvalue weighted by molar-refractivity contribution is 5.72. The van der Waals surface area contributed by atoms with Gasteiger partial charge in [0, 0.05) is 46.2 Å². The Morgan fingerprint density at radius 1 is 0.543 bits per heavy atom. The third kappa shape index (κ3) is 5.81. The van der Waals surface area contributed by atoms with Crippen molar-refractivity contribution in [3.8, 4) is 11.1 Å². The Morgan fingerprint density at radius 3 is 2.00 bits per heavy atom. The van der Waals surface area contributed by atoms with Crippen molar-refractivity contribution >= 4 is 11.4 Å². The van der Waals surface area contributed by atoms with E-state index in [2.05, 4.69) is 174 Å². The highest BCUT2D eigenvalue weighted by Gasteiger charge is 2.27. The summed E-state index contributed by atoms with van der Waals surface area (Å²) < 4.78 is 0. The number of hydrogen-bond donors (Lipinski definition) is 0. The second-order valence-corrected chi connectivity index (χ2v) is 13.1. The minimum Gasteiger partial charge on any atom is -0.334 e. The van der Waals surface area contributed by atoms with Gasteiger partial charge in [-0.15, -0.1) is 0 Å². The van der Waals surface area contributed by atoms with E-state index in [1.165, 1.54) is 46.0 Å². The first-order chi connectivity index (χ1) is 22.8. The molecule has 0 amide bonds. The first-order valence-electron chi connectivity index (χ1n) is 17.1. The molecule has 6 aliphatic carbocycles. The van der Waals surface area contributed by atoms with Gasteiger partial charge < -0.3 is 9.80 Å². The molecule has 0 saturated heterocycles. The molecule has 0 heterocycles. The van der Waals surface area contributed by atoms with Crippen LogP contribution in [0.15, 0.2) is 181 Å². The van der Waals surface area contributed by atoms with Crippen LogP contribution >= 0.6 is 0 Å². The highest BCUT2D eigenvalue weighted by atomic mass is 15.2. The van der Waals surface area contributed by atoms with Gasteiger partial charge in [0.05, 0.1) is 6.04 Å². The number of rotatable bonds is 7. The quantitative estimate of drug-likeness (QED) is 0.313. The SMILES string of the molecule is C1=CCC(N(C2=CC3C=CC=CC3C=C2)c2ccc(-c3ccc(N(C4=CCCC=C4)C4=CC5C=CC=CC5CC4)cc3)cc2)C=C1. The number of anilines is 2. The topological polar surface area (TPSA) is 6.48 Å². The van der Waals surface area contributed by atoms with Gasteiger partial charge in [0.25, 0.3) is 0 Å². The van der Waals surface area contributed by atoms with Crippen molar-refractivity contribution in [2.24, 2.45) is 23.7 Å². The number of benzene rings is 2. The van der Waals surface area contributed by atoms with Gasteiger partial charge in [-0.05, 0) is 85.6 Å². The molecular weight excluding hydrogens is 556 g/mol. The van der Waals surface area contributed by atoms with Gasteiger partial charge in [-0.1, -0.05) is 128 Å². The molecule has 5 unspecified atom stereocenters. The molecule has 5 atom stereocenters. The second kappa shape index (κ2) is 12.9. The summed E-state index contributed by atoms with van der Waals surface area (Å²) in [4.78, 5) is 5.01. The van der Waals surface area contributed by atoms with E-state index in [0.29, 0.717) is 29.7 Å². The summed E-state index contributed by atoms with van der Waals surface area (Å²) in [6.45, 7) is 0. The zero-order valence-electron chi connectivity index (χ0n) is 26.4. The average molecular weight is 599 g/mol. The summed E-state index contributed by atoms with van der Waals surface area (Å²) >= 11 is 0. The van der Waals surface area contributed by atoms with Crippen molar-refractivity contribution in [2.75, 3.05) is 9.80 Å². The van der Waals surface area contributed by atoms with Crippen molar-refractivity contribution in [2.45, 2.75) is 38.1 Å². The third-order valence-electron chi connectivity index (χ3n) is 10.2. The number of nitrogens with zero attached hydrogens (tertiary/aromatic N) is 2. The van der Waals surface area contributed by atoms with Crippen molar-refractivity contribution in [3.63, 3.8) is 0 Å². The minimum atomic E-state index is 0.296. The Morgan fingerprint density at radius 2 is 1.26 bits per heavy atom. The van der Waals surface area contributed by atoms with E-state index in [-0.39, 0.29) is 0 Å². The lowest BCUT2D eigenvalue weighted by Gasteiger charge is -2.36. The predicted molar refractivity (Wildman–Crippen MR) is 195 cm³/mol. The van der Waals surface area contributed by atoms with Crippen LogP contribution in [0.2, 0.25) is 0 Å². The van der Waals surface area contributed by atoms with Crippen LogP contribution in [0.25, 0.3) is 11.1 Å². The molecule has 0 aromatic heterocycles. The van der Waals surface area contributed by atoms with E-state index >= 15 is 0 Å². The number of hydrogen-bond acceptors (Lipinski definition) is 2. The van der Waals surface area contributed by atoms with Crippen LogP contribution in [0.1, 0.15) is 32.1 Å². The summed E-state index contributed by atoms with van der Waals surface area (Å²) in [7, 11) is 0. The normalized spacial score (nSPS) is 27.0. The summed E-state index contributed by atoms with van der Waals surface area (Å²) in [5.74, 6) is 1.98. The van der Waals surface area contributed by atoms with E-state index in [1.807, 2.05) is 0 Å². The molecule has 0 N–H and O–H groups in total. The van der Waals surface area contributed by atoms with E-state index in [9.17, 15) is 0 Å². The van der Waals surface area contributed by atoms with Crippen LogP contribution in [0.5, 0.6) is 0 Å². The van der Waals surface area contributed by atoms with E-state index < -0.39 is 0 Å². The van der Waals surface area contributed by atoms with E-state index in [1.54, 1.807) is 0 Å². The fourth-order valence-electron chi connectivity index (χ4n) is 7.72. The zero-order chi connectivity index (χ0) is 30.7. The lowest BCUT2D eigenvalue weighted by molar-refractivity contribution is 0.476.